The lowest BCUT2D eigenvalue weighted by Gasteiger charge is -2.21. The van der Waals surface area contributed by atoms with Crippen molar-refractivity contribution in [1.82, 2.24) is 4.90 Å². The summed E-state index contributed by atoms with van der Waals surface area (Å²) in [5.74, 6) is -0.237. The molecular formula is C10H15NO3. The van der Waals surface area contributed by atoms with Crippen molar-refractivity contribution in [2.24, 2.45) is 11.8 Å². The number of aliphatic carboxylic acids is 1. The van der Waals surface area contributed by atoms with E-state index in [-0.39, 0.29) is 11.8 Å². The maximum Gasteiger partial charge on any atom is 0.326 e. The van der Waals surface area contributed by atoms with Crippen LogP contribution in [0.2, 0.25) is 0 Å². The molecule has 0 aromatic carbocycles. The van der Waals surface area contributed by atoms with Crippen LogP contribution in [0.25, 0.3) is 0 Å². The summed E-state index contributed by atoms with van der Waals surface area (Å²) >= 11 is 0. The predicted octanol–water partition coefficient (Wildman–Crippen LogP) is 0.718. The molecule has 3 atom stereocenters. The standard InChI is InChI=1S/C10H15NO3/c1-6-5-7(6)9(12)11-4-2-3-8(11)10(13)14/h6-8H,2-5H2,1H3,(H,13,14)/t6?,7?,8-/m0/s1. The number of hydrogen-bond donors (Lipinski definition) is 1. The minimum atomic E-state index is -0.857. The van der Waals surface area contributed by atoms with Crippen molar-refractivity contribution in [3.8, 4) is 0 Å². The summed E-state index contributed by atoms with van der Waals surface area (Å²) in [7, 11) is 0. The third-order valence-electron chi connectivity index (χ3n) is 3.25. The Morgan fingerprint density at radius 2 is 2.07 bits per heavy atom. The topological polar surface area (TPSA) is 57.6 Å². The number of hydrogen-bond acceptors (Lipinski definition) is 2. The van der Waals surface area contributed by atoms with Crippen LogP contribution in [0.1, 0.15) is 26.2 Å². The molecular weight excluding hydrogens is 182 g/mol. The van der Waals surface area contributed by atoms with Crippen LogP contribution in [-0.4, -0.2) is 34.5 Å². The summed E-state index contributed by atoms with van der Waals surface area (Å²) in [5, 5.41) is 8.91. The van der Waals surface area contributed by atoms with Crippen LogP contribution in [0.15, 0.2) is 0 Å². The number of likely N-dealkylation sites (tertiary alicyclic amines) is 1. The molecule has 1 amide bonds. The largest absolute Gasteiger partial charge is 0.480 e. The van der Waals surface area contributed by atoms with E-state index in [0.29, 0.717) is 18.9 Å². The highest BCUT2D eigenvalue weighted by molar-refractivity contribution is 5.87. The fraction of sp³-hybridized carbons (Fsp3) is 0.800. The average Bonchev–Trinajstić information content (AvgIpc) is 2.69. The molecule has 1 saturated carbocycles. The van der Waals surface area contributed by atoms with Crippen molar-refractivity contribution in [2.45, 2.75) is 32.2 Å². The third-order valence-corrected chi connectivity index (χ3v) is 3.25. The molecule has 2 rings (SSSR count). The number of carboxylic acid groups (broad SMARTS) is 1. The van der Waals surface area contributed by atoms with Crippen LogP contribution in [0, 0.1) is 11.8 Å². The molecule has 2 fully saturated rings. The maximum absolute atomic E-state index is 11.8. The smallest absolute Gasteiger partial charge is 0.326 e. The van der Waals surface area contributed by atoms with Gasteiger partial charge in [0.15, 0.2) is 0 Å². The van der Waals surface area contributed by atoms with E-state index in [0.717, 1.165) is 12.8 Å². The zero-order valence-corrected chi connectivity index (χ0v) is 8.27. The van der Waals surface area contributed by atoms with Crippen molar-refractivity contribution < 1.29 is 14.7 Å². The van der Waals surface area contributed by atoms with Gasteiger partial charge in [-0.3, -0.25) is 4.79 Å². The van der Waals surface area contributed by atoms with E-state index in [9.17, 15) is 9.59 Å². The normalized spacial score (nSPS) is 35.8. The fourth-order valence-electron chi connectivity index (χ4n) is 2.17. The first-order chi connectivity index (χ1) is 6.61. The van der Waals surface area contributed by atoms with Gasteiger partial charge in [0.2, 0.25) is 5.91 Å². The van der Waals surface area contributed by atoms with Crippen molar-refractivity contribution >= 4 is 11.9 Å². The van der Waals surface area contributed by atoms with Crippen molar-refractivity contribution in [3.05, 3.63) is 0 Å². The second-order valence-electron chi connectivity index (χ2n) is 4.35. The molecule has 0 aromatic rings. The van der Waals surface area contributed by atoms with Crippen molar-refractivity contribution in [2.75, 3.05) is 6.54 Å². The minimum Gasteiger partial charge on any atom is -0.480 e. The third kappa shape index (κ3) is 1.49. The van der Waals surface area contributed by atoms with Gasteiger partial charge in [-0.05, 0) is 25.2 Å². The lowest BCUT2D eigenvalue weighted by Crippen LogP contribution is -2.41. The summed E-state index contributed by atoms with van der Waals surface area (Å²) in [6, 6.07) is -0.560. The second-order valence-corrected chi connectivity index (χ2v) is 4.35. The Labute approximate surface area is 82.9 Å². The van der Waals surface area contributed by atoms with Gasteiger partial charge in [0.25, 0.3) is 0 Å². The first kappa shape index (κ1) is 9.49. The minimum absolute atomic E-state index is 0.0578. The summed E-state index contributed by atoms with van der Waals surface area (Å²) < 4.78 is 0. The molecule has 0 radical (unpaired) electrons. The number of carbonyl (C=O) groups is 2. The van der Waals surface area contributed by atoms with Crippen LogP contribution in [0.4, 0.5) is 0 Å². The summed E-state index contributed by atoms with van der Waals surface area (Å²) in [6.07, 6.45) is 2.37. The van der Waals surface area contributed by atoms with E-state index in [1.807, 2.05) is 6.92 Å². The van der Waals surface area contributed by atoms with E-state index in [1.165, 1.54) is 0 Å². The number of nitrogens with zero attached hydrogens (tertiary/aromatic N) is 1. The molecule has 1 heterocycles. The lowest BCUT2D eigenvalue weighted by molar-refractivity contribution is -0.148. The summed E-state index contributed by atoms with van der Waals surface area (Å²) in [6.45, 7) is 2.66. The molecule has 2 aliphatic rings. The SMILES string of the molecule is CC1CC1C(=O)N1CCC[C@H]1C(=O)O. The highest BCUT2D eigenvalue weighted by Crippen LogP contribution is 2.40. The van der Waals surface area contributed by atoms with Crippen LogP contribution in [-0.2, 0) is 9.59 Å². The van der Waals surface area contributed by atoms with Gasteiger partial charge in [-0.2, -0.15) is 0 Å². The molecule has 14 heavy (non-hydrogen) atoms. The summed E-state index contributed by atoms with van der Waals surface area (Å²) in [4.78, 5) is 24.2. The Hall–Kier alpha value is -1.06. The summed E-state index contributed by atoms with van der Waals surface area (Å²) in [5.41, 5.74) is 0. The first-order valence-corrected chi connectivity index (χ1v) is 5.14. The van der Waals surface area contributed by atoms with Crippen LogP contribution < -0.4 is 0 Å². The molecule has 4 nitrogen and oxygen atoms in total. The Balaban J connectivity index is 2.02. The Morgan fingerprint density at radius 3 is 2.57 bits per heavy atom. The quantitative estimate of drug-likeness (QED) is 0.709. The monoisotopic (exact) mass is 197 g/mol. The zero-order valence-electron chi connectivity index (χ0n) is 8.27. The van der Waals surface area contributed by atoms with Gasteiger partial charge in [-0.25, -0.2) is 4.79 Å². The molecule has 78 valence electrons. The molecule has 0 spiro atoms. The Kier molecular flexibility index (Phi) is 2.21. The van der Waals surface area contributed by atoms with Gasteiger partial charge in [0.1, 0.15) is 6.04 Å². The number of amides is 1. The van der Waals surface area contributed by atoms with E-state index in [1.54, 1.807) is 4.90 Å². The maximum atomic E-state index is 11.8. The number of rotatable bonds is 2. The second kappa shape index (κ2) is 3.26. The van der Waals surface area contributed by atoms with Crippen molar-refractivity contribution in [3.63, 3.8) is 0 Å². The van der Waals surface area contributed by atoms with Gasteiger partial charge in [-0.15, -0.1) is 0 Å². The van der Waals surface area contributed by atoms with Crippen LogP contribution in [0.3, 0.4) is 0 Å². The number of carbonyl (C=O) groups excluding carboxylic acids is 1. The number of carboxylic acids is 1. The molecule has 0 bridgehead atoms. The zero-order chi connectivity index (χ0) is 10.3. The van der Waals surface area contributed by atoms with E-state index in [2.05, 4.69) is 0 Å². The Bertz CT molecular complexity index is 277. The fourth-order valence-corrected chi connectivity index (χ4v) is 2.17. The van der Waals surface area contributed by atoms with Gasteiger partial charge < -0.3 is 10.0 Å². The molecule has 1 aliphatic heterocycles. The van der Waals surface area contributed by atoms with E-state index < -0.39 is 12.0 Å². The highest BCUT2D eigenvalue weighted by Gasteiger charge is 2.45. The predicted molar refractivity (Wildman–Crippen MR) is 49.6 cm³/mol. The molecule has 2 unspecified atom stereocenters. The van der Waals surface area contributed by atoms with Crippen LogP contribution in [0.5, 0.6) is 0 Å². The molecule has 1 saturated heterocycles. The molecule has 4 heteroatoms. The average molecular weight is 197 g/mol. The molecule has 1 N–H and O–H groups in total. The van der Waals surface area contributed by atoms with Gasteiger partial charge in [0, 0.05) is 12.5 Å². The Morgan fingerprint density at radius 1 is 1.43 bits per heavy atom. The highest BCUT2D eigenvalue weighted by atomic mass is 16.4. The molecule has 0 aromatic heterocycles. The van der Waals surface area contributed by atoms with Gasteiger partial charge in [0.05, 0.1) is 0 Å². The molecule has 1 aliphatic carbocycles. The van der Waals surface area contributed by atoms with Gasteiger partial charge in [-0.1, -0.05) is 6.92 Å². The van der Waals surface area contributed by atoms with E-state index >= 15 is 0 Å². The van der Waals surface area contributed by atoms with Crippen LogP contribution >= 0.6 is 0 Å². The van der Waals surface area contributed by atoms with Crippen molar-refractivity contribution in [1.29, 1.82) is 0 Å². The van der Waals surface area contributed by atoms with Gasteiger partial charge >= 0.3 is 5.97 Å². The van der Waals surface area contributed by atoms with E-state index in [4.69, 9.17) is 5.11 Å². The lowest BCUT2D eigenvalue weighted by atomic mass is 10.2. The first-order valence-electron chi connectivity index (χ1n) is 5.14.